The molecule has 0 atom stereocenters. The van der Waals surface area contributed by atoms with E-state index >= 15 is 0 Å². The zero-order chi connectivity index (χ0) is 10.4. The second-order valence-electron chi connectivity index (χ2n) is 3.34. The van der Waals surface area contributed by atoms with E-state index in [-0.39, 0.29) is 0 Å². The quantitative estimate of drug-likeness (QED) is 0.703. The number of hydrogen-bond donors (Lipinski definition) is 1. The minimum absolute atomic E-state index is 0.752. The van der Waals surface area contributed by atoms with Gasteiger partial charge in [-0.15, -0.1) is 0 Å². The Morgan fingerprint density at radius 3 is 2.86 bits per heavy atom. The monoisotopic (exact) mass is 197 g/mol. The zero-order valence-electron chi connectivity index (χ0n) is 9.21. The van der Waals surface area contributed by atoms with E-state index in [9.17, 15) is 0 Å². The fraction of sp³-hybridized carbons (Fsp3) is 0.700. The Balaban J connectivity index is 2.21. The molecule has 80 valence electrons. The van der Waals surface area contributed by atoms with Crippen LogP contribution in [0.3, 0.4) is 0 Å². The van der Waals surface area contributed by atoms with Crippen molar-refractivity contribution < 1.29 is 4.74 Å². The molecule has 1 N–H and O–H groups in total. The summed E-state index contributed by atoms with van der Waals surface area (Å²) in [7, 11) is 1.92. The molecule has 0 fully saturated rings. The number of nitrogens with zero attached hydrogens (tertiary/aromatic N) is 2. The van der Waals surface area contributed by atoms with Gasteiger partial charge in [0.25, 0.3) is 0 Å². The van der Waals surface area contributed by atoms with Gasteiger partial charge in [0, 0.05) is 26.4 Å². The number of hydrogen-bond acceptors (Lipinski definition) is 3. The Hall–Kier alpha value is -1.03. The summed E-state index contributed by atoms with van der Waals surface area (Å²) in [4.78, 5) is 0. The molecule has 1 heterocycles. The molecule has 14 heavy (non-hydrogen) atoms. The lowest BCUT2D eigenvalue weighted by atomic mass is 10.4. The van der Waals surface area contributed by atoms with Crippen LogP contribution in [0.5, 0.6) is 0 Å². The number of anilines is 1. The molecule has 0 bridgehead atoms. The molecule has 0 aliphatic carbocycles. The number of rotatable bonds is 6. The van der Waals surface area contributed by atoms with Crippen LogP contribution in [0.2, 0.25) is 0 Å². The summed E-state index contributed by atoms with van der Waals surface area (Å²) < 4.78 is 7.17. The van der Waals surface area contributed by atoms with Gasteiger partial charge >= 0.3 is 0 Å². The fourth-order valence-corrected chi connectivity index (χ4v) is 1.28. The topological polar surface area (TPSA) is 39.1 Å². The summed E-state index contributed by atoms with van der Waals surface area (Å²) in [6, 6.07) is 0. The van der Waals surface area contributed by atoms with Gasteiger partial charge in [0.05, 0.1) is 18.0 Å². The molecule has 0 saturated heterocycles. The molecule has 1 aromatic heterocycles. The van der Waals surface area contributed by atoms with E-state index < -0.39 is 0 Å². The second kappa shape index (κ2) is 5.65. The molecule has 0 aliphatic rings. The van der Waals surface area contributed by atoms with Crippen molar-refractivity contribution in [2.75, 3.05) is 25.1 Å². The third kappa shape index (κ3) is 3.38. The Morgan fingerprint density at radius 2 is 2.29 bits per heavy atom. The molecule has 0 aromatic carbocycles. The molecule has 0 saturated carbocycles. The van der Waals surface area contributed by atoms with Gasteiger partial charge in [-0.3, -0.25) is 4.68 Å². The van der Waals surface area contributed by atoms with Gasteiger partial charge in [-0.05, 0) is 13.3 Å². The highest BCUT2D eigenvalue weighted by Crippen LogP contribution is 2.10. The van der Waals surface area contributed by atoms with Crippen molar-refractivity contribution in [1.82, 2.24) is 9.78 Å². The Bertz CT molecular complexity index is 270. The van der Waals surface area contributed by atoms with Crippen molar-refractivity contribution in [1.29, 1.82) is 0 Å². The summed E-state index contributed by atoms with van der Waals surface area (Å²) in [5, 5.41) is 7.52. The summed E-state index contributed by atoms with van der Waals surface area (Å²) in [6.07, 6.45) is 3.06. The van der Waals surface area contributed by atoms with Crippen LogP contribution in [0.4, 0.5) is 5.69 Å². The van der Waals surface area contributed by atoms with E-state index in [1.807, 2.05) is 24.9 Å². The van der Waals surface area contributed by atoms with Crippen LogP contribution in [0.1, 0.15) is 19.0 Å². The highest BCUT2D eigenvalue weighted by atomic mass is 16.5. The maximum atomic E-state index is 5.36. The lowest BCUT2D eigenvalue weighted by Gasteiger charge is -2.04. The van der Waals surface area contributed by atoms with Gasteiger partial charge in [-0.25, -0.2) is 0 Å². The van der Waals surface area contributed by atoms with Crippen LogP contribution in [-0.4, -0.2) is 29.5 Å². The molecule has 0 spiro atoms. The summed E-state index contributed by atoms with van der Waals surface area (Å²) in [6.45, 7) is 6.54. The molecule has 0 radical (unpaired) electrons. The third-order valence-corrected chi connectivity index (χ3v) is 1.92. The summed E-state index contributed by atoms with van der Waals surface area (Å²) >= 11 is 0. The summed E-state index contributed by atoms with van der Waals surface area (Å²) in [5.41, 5.74) is 2.12. The van der Waals surface area contributed by atoms with Gasteiger partial charge in [0.1, 0.15) is 0 Å². The van der Waals surface area contributed by atoms with E-state index in [1.165, 1.54) is 0 Å². The molecule has 0 amide bonds. The predicted molar refractivity (Wildman–Crippen MR) is 57.5 cm³/mol. The first kappa shape index (κ1) is 11.0. The minimum atomic E-state index is 0.752. The Morgan fingerprint density at radius 1 is 1.50 bits per heavy atom. The molecule has 4 nitrogen and oxygen atoms in total. The molecule has 0 aliphatic heterocycles. The Labute approximate surface area is 85.3 Å². The molecular weight excluding hydrogens is 178 g/mol. The molecule has 1 aromatic rings. The van der Waals surface area contributed by atoms with Crippen molar-refractivity contribution in [3.63, 3.8) is 0 Å². The number of aromatic nitrogens is 2. The van der Waals surface area contributed by atoms with Crippen LogP contribution < -0.4 is 5.32 Å². The molecule has 4 heteroatoms. The van der Waals surface area contributed by atoms with Gasteiger partial charge in [-0.2, -0.15) is 5.10 Å². The third-order valence-electron chi connectivity index (χ3n) is 1.92. The maximum absolute atomic E-state index is 5.36. The van der Waals surface area contributed by atoms with Crippen LogP contribution in [0, 0.1) is 6.92 Å². The zero-order valence-corrected chi connectivity index (χ0v) is 9.21. The van der Waals surface area contributed by atoms with Crippen molar-refractivity contribution in [2.24, 2.45) is 7.05 Å². The molecular formula is C10H19N3O. The largest absolute Gasteiger partial charge is 0.380 e. The van der Waals surface area contributed by atoms with Gasteiger partial charge in [0.15, 0.2) is 0 Å². The Kier molecular flexibility index (Phi) is 4.46. The fourth-order valence-electron chi connectivity index (χ4n) is 1.28. The van der Waals surface area contributed by atoms with Crippen molar-refractivity contribution in [3.05, 3.63) is 11.9 Å². The van der Waals surface area contributed by atoms with Crippen LogP contribution in [0.15, 0.2) is 6.20 Å². The van der Waals surface area contributed by atoms with E-state index in [4.69, 9.17) is 4.74 Å². The average Bonchev–Trinajstić information content (AvgIpc) is 2.45. The van der Waals surface area contributed by atoms with Crippen LogP contribution in [0.25, 0.3) is 0 Å². The van der Waals surface area contributed by atoms with E-state index in [0.29, 0.717) is 0 Å². The highest BCUT2D eigenvalue weighted by Gasteiger charge is 2.00. The number of ether oxygens (including phenoxy) is 1. The van der Waals surface area contributed by atoms with Crippen molar-refractivity contribution >= 4 is 5.69 Å². The first-order valence-electron chi connectivity index (χ1n) is 5.06. The van der Waals surface area contributed by atoms with Crippen molar-refractivity contribution in [2.45, 2.75) is 20.3 Å². The minimum Gasteiger partial charge on any atom is -0.380 e. The number of aryl methyl sites for hydroxylation is 2. The highest BCUT2D eigenvalue weighted by molar-refractivity contribution is 5.45. The second-order valence-corrected chi connectivity index (χ2v) is 3.34. The lowest BCUT2D eigenvalue weighted by Crippen LogP contribution is -2.09. The van der Waals surface area contributed by atoms with E-state index in [1.54, 1.807) is 0 Å². The SMILES string of the molecule is CCCOCCNc1cn(C)nc1C. The number of nitrogens with one attached hydrogen (secondary N) is 1. The van der Waals surface area contributed by atoms with Gasteiger partial charge in [0.2, 0.25) is 0 Å². The van der Waals surface area contributed by atoms with Gasteiger partial charge < -0.3 is 10.1 Å². The van der Waals surface area contributed by atoms with Crippen LogP contribution >= 0.6 is 0 Å². The standard InChI is InChI=1S/C10H19N3O/c1-4-6-14-7-5-11-10-8-13(3)12-9(10)2/h8,11H,4-7H2,1-3H3. The first-order valence-corrected chi connectivity index (χ1v) is 5.06. The van der Waals surface area contributed by atoms with E-state index in [2.05, 4.69) is 17.3 Å². The maximum Gasteiger partial charge on any atom is 0.0824 e. The summed E-state index contributed by atoms with van der Waals surface area (Å²) in [5.74, 6) is 0. The lowest BCUT2D eigenvalue weighted by molar-refractivity contribution is 0.144. The van der Waals surface area contributed by atoms with Gasteiger partial charge in [-0.1, -0.05) is 6.92 Å². The first-order chi connectivity index (χ1) is 6.74. The van der Waals surface area contributed by atoms with Crippen molar-refractivity contribution in [3.8, 4) is 0 Å². The normalized spacial score (nSPS) is 10.5. The average molecular weight is 197 g/mol. The smallest absolute Gasteiger partial charge is 0.0824 e. The predicted octanol–water partition coefficient (Wildman–Crippen LogP) is 1.57. The molecule has 0 unspecified atom stereocenters. The molecule has 1 rings (SSSR count). The van der Waals surface area contributed by atoms with Crippen LogP contribution in [-0.2, 0) is 11.8 Å². The van der Waals surface area contributed by atoms with E-state index in [0.717, 1.165) is 37.6 Å².